The predicted octanol–water partition coefficient (Wildman–Crippen LogP) is 3.99. The third kappa shape index (κ3) is 5.76. The molecule has 1 aromatic heterocycles. The normalized spacial score (nSPS) is 21.7. The number of rotatable bonds is 9. The number of para-hydroxylation sites is 1. The monoisotopic (exact) mass is 528 g/mol. The molecule has 4 unspecified atom stereocenters. The van der Waals surface area contributed by atoms with Crippen LogP contribution in [0.4, 0.5) is 0 Å². The molecule has 2 heterocycles. The summed E-state index contributed by atoms with van der Waals surface area (Å²) >= 11 is 0. The molecular formula is C31H36N4O4. The third-order valence-corrected chi connectivity index (χ3v) is 7.90. The van der Waals surface area contributed by atoms with Crippen molar-refractivity contribution < 1.29 is 19.1 Å². The molecule has 8 heteroatoms. The van der Waals surface area contributed by atoms with Crippen molar-refractivity contribution in [3.63, 3.8) is 0 Å². The summed E-state index contributed by atoms with van der Waals surface area (Å²) in [6.45, 7) is 5.70. The highest BCUT2D eigenvalue weighted by atomic mass is 16.5. The fourth-order valence-electron chi connectivity index (χ4n) is 5.98. The molecule has 2 fully saturated rings. The van der Waals surface area contributed by atoms with Gasteiger partial charge in [0.05, 0.1) is 19.3 Å². The van der Waals surface area contributed by atoms with E-state index < -0.39 is 0 Å². The van der Waals surface area contributed by atoms with Gasteiger partial charge in [-0.25, -0.2) is 0 Å². The number of carbonyl (C=O) groups excluding carboxylic acids is 2. The van der Waals surface area contributed by atoms with Gasteiger partial charge < -0.3 is 25.4 Å². The van der Waals surface area contributed by atoms with Crippen LogP contribution in [0.5, 0.6) is 11.5 Å². The second-order valence-corrected chi connectivity index (χ2v) is 10.3. The Balaban J connectivity index is 1.19. The van der Waals surface area contributed by atoms with Crippen molar-refractivity contribution in [2.45, 2.75) is 51.2 Å². The zero-order valence-corrected chi connectivity index (χ0v) is 22.7. The molecule has 1 aliphatic heterocycles. The van der Waals surface area contributed by atoms with E-state index in [9.17, 15) is 9.59 Å². The number of hydrogen-bond donors (Lipinski definition) is 3. The van der Waals surface area contributed by atoms with Gasteiger partial charge in [-0.05, 0) is 69.5 Å². The Morgan fingerprint density at radius 1 is 1.03 bits per heavy atom. The van der Waals surface area contributed by atoms with Crippen molar-refractivity contribution in [1.29, 1.82) is 0 Å². The van der Waals surface area contributed by atoms with Gasteiger partial charge in [0.1, 0.15) is 11.5 Å². The number of fused-ring (bicyclic) bond motifs is 2. The molecule has 8 nitrogen and oxygen atoms in total. The van der Waals surface area contributed by atoms with Gasteiger partial charge in [-0.15, -0.1) is 0 Å². The van der Waals surface area contributed by atoms with Gasteiger partial charge in [-0.2, -0.15) is 0 Å². The van der Waals surface area contributed by atoms with Crippen molar-refractivity contribution in [2.24, 2.45) is 5.92 Å². The molecule has 1 aliphatic carbocycles. The second kappa shape index (κ2) is 11.9. The first kappa shape index (κ1) is 26.7. The number of pyridine rings is 1. The van der Waals surface area contributed by atoms with E-state index in [4.69, 9.17) is 14.5 Å². The second-order valence-electron chi connectivity index (χ2n) is 10.3. The first-order chi connectivity index (χ1) is 19.0. The number of amides is 2. The van der Waals surface area contributed by atoms with Gasteiger partial charge in [0.25, 0.3) is 11.8 Å². The molecule has 39 heavy (non-hydrogen) atoms. The molecule has 0 spiro atoms. The number of nitrogens with zero attached hydrogens (tertiary/aromatic N) is 1. The first-order valence-electron chi connectivity index (χ1n) is 13.6. The molecule has 204 valence electrons. The summed E-state index contributed by atoms with van der Waals surface area (Å²) in [5.74, 6) is 1.88. The van der Waals surface area contributed by atoms with Crippen LogP contribution in [0.15, 0.2) is 60.8 Å². The Bertz CT molecular complexity index is 1310. The Hall–Kier alpha value is -3.91. The van der Waals surface area contributed by atoms with Crippen LogP contribution in [-0.2, 0) is 6.54 Å². The number of aromatic nitrogens is 1. The maximum Gasteiger partial charge on any atom is 0.253 e. The molecule has 5 rings (SSSR count). The minimum absolute atomic E-state index is 0.0633. The molecule has 2 amide bonds. The molecule has 2 bridgehead atoms. The van der Waals surface area contributed by atoms with Crippen LogP contribution in [0.3, 0.4) is 0 Å². The maximum absolute atomic E-state index is 13.0. The summed E-state index contributed by atoms with van der Waals surface area (Å²) in [7, 11) is 1.62. The van der Waals surface area contributed by atoms with Gasteiger partial charge in [0.2, 0.25) is 0 Å². The summed E-state index contributed by atoms with van der Waals surface area (Å²) in [5, 5.41) is 9.85. The van der Waals surface area contributed by atoms with Crippen molar-refractivity contribution in [2.75, 3.05) is 20.3 Å². The lowest BCUT2D eigenvalue weighted by molar-refractivity contribution is 0.0916. The molecule has 4 atom stereocenters. The Labute approximate surface area is 229 Å². The van der Waals surface area contributed by atoms with Gasteiger partial charge in [-0.3, -0.25) is 14.6 Å². The lowest BCUT2D eigenvalue weighted by Crippen LogP contribution is -2.44. The highest BCUT2D eigenvalue weighted by molar-refractivity contribution is 5.96. The molecule has 3 aromatic rings. The summed E-state index contributed by atoms with van der Waals surface area (Å²) in [5.41, 5.74) is 3.95. The minimum Gasteiger partial charge on any atom is -0.496 e. The van der Waals surface area contributed by atoms with E-state index in [1.807, 2.05) is 68.4 Å². The number of hydrogen-bond acceptors (Lipinski definition) is 6. The fraction of sp³-hybridized carbons (Fsp3) is 0.387. The Kier molecular flexibility index (Phi) is 8.12. The molecule has 2 aliphatic rings. The van der Waals surface area contributed by atoms with Crippen molar-refractivity contribution in [1.82, 2.24) is 20.9 Å². The van der Waals surface area contributed by atoms with Crippen LogP contribution in [0.2, 0.25) is 0 Å². The van der Waals surface area contributed by atoms with Crippen LogP contribution in [0.25, 0.3) is 0 Å². The Morgan fingerprint density at radius 3 is 2.59 bits per heavy atom. The average Bonchev–Trinajstić information content (AvgIpc) is 3.22. The smallest absolute Gasteiger partial charge is 0.253 e. The summed E-state index contributed by atoms with van der Waals surface area (Å²) < 4.78 is 11.0. The van der Waals surface area contributed by atoms with E-state index in [2.05, 4.69) is 16.0 Å². The van der Waals surface area contributed by atoms with Crippen LogP contribution in [0, 0.1) is 12.8 Å². The van der Waals surface area contributed by atoms with Crippen LogP contribution >= 0.6 is 0 Å². The standard InChI is InChI=1S/C31H36N4O4/c1-4-39-28-10-6-5-8-20(28)16-34-30(36)21-12-13-25(32-17-21)29-22-14-23(15-26(29)33-18-22)35-31(37)24-9-7-11-27(38-3)19(24)2/h5-13,17,22-23,26,29,33H,4,14-16,18H2,1-3H3,(H,34,36)(H,35,37). The quantitative estimate of drug-likeness (QED) is 0.388. The number of nitrogens with one attached hydrogen (secondary N) is 3. The summed E-state index contributed by atoms with van der Waals surface area (Å²) in [6.07, 6.45) is 3.38. The van der Waals surface area contributed by atoms with E-state index in [0.717, 1.165) is 42.0 Å². The van der Waals surface area contributed by atoms with Crippen molar-refractivity contribution in [3.05, 3.63) is 88.7 Å². The molecule has 0 radical (unpaired) electrons. The van der Waals surface area contributed by atoms with Crippen molar-refractivity contribution >= 4 is 11.8 Å². The highest BCUT2D eigenvalue weighted by Gasteiger charge is 2.44. The van der Waals surface area contributed by atoms with Crippen LogP contribution < -0.4 is 25.4 Å². The minimum atomic E-state index is -0.166. The molecule has 1 saturated carbocycles. The van der Waals surface area contributed by atoms with Crippen LogP contribution in [-0.4, -0.2) is 49.1 Å². The summed E-state index contributed by atoms with van der Waals surface area (Å²) in [6, 6.07) is 17.4. The molecular weight excluding hydrogens is 492 g/mol. The van der Waals surface area contributed by atoms with E-state index >= 15 is 0 Å². The maximum atomic E-state index is 13.0. The van der Waals surface area contributed by atoms with Gasteiger partial charge in [0.15, 0.2) is 0 Å². The number of carbonyl (C=O) groups is 2. The zero-order valence-electron chi connectivity index (χ0n) is 22.7. The fourth-order valence-corrected chi connectivity index (χ4v) is 5.98. The molecule has 1 saturated heterocycles. The third-order valence-electron chi connectivity index (χ3n) is 7.90. The molecule has 2 aromatic carbocycles. The SMILES string of the molecule is CCOc1ccccc1CNC(=O)c1ccc(C2C3CNC2CC(NC(=O)c2cccc(OC)c2C)C3)nc1. The number of benzene rings is 2. The summed E-state index contributed by atoms with van der Waals surface area (Å²) in [4.78, 5) is 30.5. The largest absolute Gasteiger partial charge is 0.496 e. The Morgan fingerprint density at radius 2 is 1.85 bits per heavy atom. The van der Waals surface area contributed by atoms with E-state index in [1.165, 1.54) is 0 Å². The van der Waals surface area contributed by atoms with E-state index in [-0.39, 0.29) is 29.8 Å². The van der Waals surface area contributed by atoms with Crippen LogP contribution in [0.1, 0.15) is 63.2 Å². The van der Waals surface area contributed by atoms with Gasteiger partial charge in [0, 0.05) is 53.1 Å². The average molecular weight is 529 g/mol. The van der Waals surface area contributed by atoms with E-state index in [0.29, 0.717) is 35.9 Å². The topological polar surface area (TPSA) is 102 Å². The predicted molar refractivity (Wildman–Crippen MR) is 149 cm³/mol. The van der Waals surface area contributed by atoms with Crippen molar-refractivity contribution in [3.8, 4) is 11.5 Å². The number of ether oxygens (including phenoxy) is 2. The van der Waals surface area contributed by atoms with Gasteiger partial charge in [-0.1, -0.05) is 24.3 Å². The first-order valence-corrected chi connectivity index (χ1v) is 13.6. The molecule has 3 N–H and O–H groups in total. The van der Waals surface area contributed by atoms with E-state index in [1.54, 1.807) is 13.3 Å². The highest BCUT2D eigenvalue weighted by Crippen LogP contribution is 2.41. The zero-order chi connectivity index (χ0) is 27.4. The van der Waals surface area contributed by atoms with Gasteiger partial charge >= 0.3 is 0 Å². The lowest BCUT2D eigenvalue weighted by Gasteiger charge is -2.34. The lowest BCUT2D eigenvalue weighted by atomic mass is 9.75. The number of methoxy groups -OCH3 is 1.